The number of halogens is 6. The molecule has 5 heterocycles. The SMILES string of the molecule is CC(C)(C)OC(=O)N1CC2CCC(C1)N2c1nc(OC[C@@]23CCCN2C[C@H](F)C3)nc2c(Cl)c(Br)c(C(F)(F)F)cc12. The van der Waals surface area contributed by atoms with E-state index in [1.54, 1.807) is 25.7 Å². The van der Waals surface area contributed by atoms with Crippen LogP contribution < -0.4 is 9.64 Å². The molecular formula is C28H33BrClF4N5O3. The van der Waals surface area contributed by atoms with Crippen LogP contribution in [0.5, 0.6) is 6.01 Å². The number of piperazine rings is 1. The average molecular weight is 679 g/mol. The predicted molar refractivity (Wildman–Crippen MR) is 153 cm³/mol. The zero-order chi connectivity index (χ0) is 30.2. The van der Waals surface area contributed by atoms with Gasteiger partial charge in [-0.05, 0) is 75.0 Å². The maximum Gasteiger partial charge on any atom is 0.417 e. The molecule has 230 valence electrons. The standard InChI is InChI=1S/C28H33BrClF4N5O3/c1-26(2,3)42-25(40)37-12-16-5-6-17(13-37)39(16)23-18-9-19(28(32,33)34)20(29)21(30)22(18)35-24(36-23)41-14-27-7-4-8-38(27)11-15(31)10-27/h9,15-17H,4-8,10-14H2,1-3H3/t15-,16?,17?,27+/m1/s1. The van der Waals surface area contributed by atoms with Crippen LogP contribution in [0.3, 0.4) is 0 Å². The molecule has 0 saturated carbocycles. The van der Waals surface area contributed by atoms with Crippen LogP contribution in [-0.4, -0.2) is 88.0 Å². The smallest absolute Gasteiger partial charge is 0.417 e. The van der Waals surface area contributed by atoms with Gasteiger partial charge in [-0.25, -0.2) is 9.18 Å². The van der Waals surface area contributed by atoms with E-state index in [1.807, 2.05) is 4.90 Å². The third-order valence-electron chi connectivity index (χ3n) is 8.75. The van der Waals surface area contributed by atoms with E-state index in [-0.39, 0.29) is 50.9 Å². The van der Waals surface area contributed by atoms with Gasteiger partial charge in [-0.15, -0.1) is 0 Å². The first-order valence-corrected chi connectivity index (χ1v) is 15.4. The van der Waals surface area contributed by atoms with Crippen LogP contribution in [0.25, 0.3) is 10.9 Å². The fourth-order valence-corrected chi connectivity index (χ4v) is 7.78. The van der Waals surface area contributed by atoms with Gasteiger partial charge in [-0.1, -0.05) is 11.6 Å². The molecule has 6 rings (SSSR count). The van der Waals surface area contributed by atoms with Gasteiger partial charge in [0.25, 0.3) is 0 Å². The maximum absolute atomic E-state index is 14.3. The van der Waals surface area contributed by atoms with Crippen LogP contribution in [0.15, 0.2) is 10.5 Å². The maximum atomic E-state index is 14.3. The number of hydrogen-bond donors (Lipinski definition) is 0. The highest BCUT2D eigenvalue weighted by Gasteiger charge is 2.50. The van der Waals surface area contributed by atoms with Crippen molar-refractivity contribution in [3.05, 3.63) is 21.1 Å². The van der Waals surface area contributed by atoms with E-state index in [1.165, 1.54) is 0 Å². The largest absolute Gasteiger partial charge is 0.461 e. The highest BCUT2D eigenvalue weighted by atomic mass is 79.9. The second kappa shape index (κ2) is 10.5. The summed E-state index contributed by atoms with van der Waals surface area (Å²) in [6, 6.07) is 0.588. The normalized spacial score (nSPS) is 28.1. The number of rotatable bonds is 4. The van der Waals surface area contributed by atoms with Crippen LogP contribution in [0.2, 0.25) is 5.02 Å². The van der Waals surface area contributed by atoms with Crippen molar-refractivity contribution in [1.82, 2.24) is 19.8 Å². The number of ether oxygens (including phenoxy) is 2. The summed E-state index contributed by atoms with van der Waals surface area (Å²) in [6.45, 7) is 7.38. The molecule has 1 aromatic heterocycles. The Morgan fingerprint density at radius 3 is 2.50 bits per heavy atom. The van der Waals surface area contributed by atoms with Gasteiger partial charge in [0.15, 0.2) is 0 Å². The Morgan fingerprint density at radius 2 is 1.86 bits per heavy atom. The minimum Gasteiger partial charge on any atom is -0.461 e. The van der Waals surface area contributed by atoms with Crippen LogP contribution in [0.4, 0.5) is 28.2 Å². The van der Waals surface area contributed by atoms with E-state index < -0.39 is 35.1 Å². The molecule has 4 fully saturated rings. The Kier molecular flexibility index (Phi) is 7.48. The molecule has 8 nitrogen and oxygen atoms in total. The number of aromatic nitrogens is 2. The number of amides is 1. The van der Waals surface area contributed by atoms with Crippen LogP contribution in [0.1, 0.15) is 58.4 Å². The molecule has 0 aliphatic carbocycles. The average Bonchev–Trinajstić information content (AvgIpc) is 3.49. The van der Waals surface area contributed by atoms with Gasteiger partial charge in [0, 0.05) is 43.5 Å². The van der Waals surface area contributed by atoms with E-state index in [0.717, 1.165) is 38.3 Å². The summed E-state index contributed by atoms with van der Waals surface area (Å²) < 4.78 is 67.9. The number of carbonyl (C=O) groups is 1. The fourth-order valence-electron chi connectivity index (χ4n) is 7.01. The van der Waals surface area contributed by atoms with Crippen molar-refractivity contribution < 1.29 is 31.8 Å². The molecule has 42 heavy (non-hydrogen) atoms. The lowest BCUT2D eigenvalue weighted by atomic mass is 9.95. The molecule has 0 N–H and O–H groups in total. The number of alkyl halides is 4. The first-order valence-electron chi connectivity index (χ1n) is 14.2. The molecule has 0 spiro atoms. The summed E-state index contributed by atoms with van der Waals surface area (Å²) in [5, 5.41) is -0.0470. The van der Waals surface area contributed by atoms with Gasteiger partial charge in [0.05, 0.1) is 26.1 Å². The second-order valence-corrected chi connectivity index (χ2v) is 14.0. The van der Waals surface area contributed by atoms with Crippen molar-refractivity contribution >= 4 is 50.3 Å². The molecule has 1 aromatic carbocycles. The van der Waals surface area contributed by atoms with Gasteiger partial charge in [0.2, 0.25) is 0 Å². The lowest BCUT2D eigenvalue weighted by molar-refractivity contribution is -0.138. The van der Waals surface area contributed by atoms with Crippen molar-refractivity contribution in [3.63, 3.8) is 0 Å². The molecule has 4 atom stereocenters. The Morgan fingerprint density at radius 1 is 1.17 bits per heavy atom. The van der Waals surface area contributed by atoms with Crippen LogP contribution in [-0.2, 0) is 10.9 Å². The molecule has 0 radical (unpaired) electrons. The first-order chi connectivity index (χ1) is 19.6. The van der Waals surface area contributed by atoms with Crippen molar-refractivity contribution in [3.8, 4) is 6.01 Å². The van der Waals surface area contributed by atoms with Crippen LogP contribution >= 0.6 is 27.5 Å². The van der Waals surface area contributed by atoms with Gasteiger partial charge >= 0.3 is 18.3 Å². The Hall–Kier alpha value is -2.12. The summed E-state index contributed by atoms with van der Waals surface area (Å²) in [7, 11) is 0. The number of benzene rings is 1. The topological polar surface area (TPSA) is 71.0 Å². The van der Waals surface area contributed by atoms with E-state index in [0.29, 0.717) is 26.1 Å². The van der Waals surface area contributed by atoms with E-state index in [9.17, 15) is 22.4 Å². The summed E-state index contributed by atoms with van der Waals surface area (Å²) in [5.74, 6) is 0.279. The van der Waals surface area contributed by atoms with E-state index >= 15 is 0 Å². The van der Waals surface area contributed by atoms with Gasteiger partial charge in [-0.3, -0.25) is 4.90 Å². The zero-order valence-electron chi connectivity index (χ0n) is 23.6. The second-order valence-electron chi connectivity index (χ2n) is 12.8. The fraction of sp³-hybridized carbons (Fsp3) is 0.679. The van der Waals surface area contributed by atoms with Crippen molar-refractivity contribution in [2.24, 2.45) is 0 Å². The third-order valence-corrected chi connectivity index (χ3v) is 10.2. The number of hydrogen-bond acceptors (Lipinski definition) is 7. The Labute approximate surface area is 254 Å². The quantitative estimate of drug-likeness (QED) is 0.337. The highest BCUT2D eigenvalue weighted by molar-refractivity contribution is 9.10. The molecule has 4 saturated heterocycles. The zero-order valence-corrected chi connectivity index (χ0v) is 26.0. The third kappa shape index (κ3) is 5.38. The minimum absolute atomic E-state index is 0.0245. The molecule has 1 amide bonds. The van der Waals surface area contributed by atoms with Crippen molar-refractivity contribution in [2.75, 3.05) is 37.7 Å². The minimum atomic E-state index is -4.67. The van der Waals surface area contributed by atoms with Crippen molar-refractivity contribution in [2.45, 2.75) is 88.4 Å². The van der Waals surface area contributed by atoms with Crippen LogP contribution in [0, 0.1) is 0 Å². The number of nitrogens with zero attached hydrogens (tertiary/aromatic N) is 5. The lowest BCUT2D eigenvalue weighted by Gasteiger charge is -2.42. The summed E-state index contributed by atoms with van der Waals surface area (Å²) in [4.78, 5) is 27.8. The predicted octanol–water partition coefficient (Wildman–Crippen LogP) is 6.61. The van der Waals surface area contributed by atoms with Crippen molar-refractivity contribution in [1.29, 1.82) is 0 Å². The monoisotopic (exact) mass is 677 g/mol. The lowest BCUT2D eigenvalue weighted by Crippen LogP contribution is -2.56. The molecule has 4 aliphatic rings. The first kappa shape index (κ1) is 29.9. The number of anilines is 1. The number of carbonyl (C=O) groups excluding carboxylic acids is 1. The van der Waals surface area contributed by atoms with Gasteiger partial charge < -0.3 is 19.3 Å². The van der Waals surface area contributed by atoms with E-state index in [4.69, 9.17) is 21.1 Å². The summed E-state index contributed by atoms with van der Waals surface area (Å²) in [6.07, 6.45) is -2.53. The summed E-state index contributed by atoms with van der Waals surface area (Å²) in [5.41, 5.74) is -1.92. The van der Waals surface area contributed by atoms with E-state index in [2.05, 4.69) is 30.8 Å². The Bertz CT molecular complexity index is 1390. The molecule has 14 heteroatoms. The Balaban J connectivity index is 1.39. The molecule has 4 aliphatic heterocycles. The molecule has 2 bridgehead atoms. The highest BCUT2D eigenvalue weighted by Crippen LogP contribution is 2.46. The molecule has 2 unspecified atom stereocenters. The van der Waals surface area contributed by atoms with Gasteiger partial charge in [-0.2, -0.15) is 23.1 Å². The summed E-state index contributed by atoms with van der Waals surface area (Å²) >= 11 is 9.56. The molecular weight excluding hydrogens is 646 g/mol. The number of likely N-dealkylation sites (tertiary alicyclic amines) is 1. The number of fused-ring (bicyclic) bond motifs is 4. The molecule has 2 aromatic rings. The van der Waals surface area contributed by atoms with Gasteiger partial charge in [0.1, 0.15) is 24.2 Å².